The summed E-state index contributed by atoms with van der Waals surface area (Å²) in [6.45, 7) is 7.94. The number of nitrogens with zero attached hydrogens (tertiary/aromatic N) is 2. The summed E-state index contributed by atoms with van der Waals surface area (Å²) in [4.78, 5) is 6.96. The van der Waals surface area contributed by atoms with Gasteiger partial charge in [-0.1, -0.05) is 30.3 Å². The fraction of sp³-hybridized carbons (Fsp3) is 0.720. The van der Waals surface area contributed by atoms with Gasteiger partial charge in [-0.15, -0.1) is 0 Å². The molecule has 2 N–H and O–H groups in total. The maximum absolute atomic E-state index is 5.80. The largest absolute Gasteiger partial charge is 0.379 e. The Balaban J connectivity index is 1.15. The Morgan fingerprint density at radius 2 is 1.84 bits per heavy atom. The number of ether oxygens (including phenoxy) is 2. The molecule has 0 amide bonds. The zero-order chi connectivity index (χ0) is 21.6. The first-order valence-electron chi connectivity index (χ1n) is 12.2. The van der Waals surface area contributed by atoms with Gasteiger partial charge >= 0.3 is 0 Å². The minimum absolute atomic E-state index is 0.298. The lowest BCUT2D eigenvalue weighted by atomic mass is 9.90. The fourth-order valence-corrected chi connectivity index (χ4v) is 4.42. The molecule has 2 heterocycles. The van der Waals surface area contributed by atoms with Gasteiger partial charge in [-0.2, -0.15) is 0 Å². The highest BCUT2D eigenvalue weighted by Crippen LogP contribution is 2.21. The van der Waals surface area contributed by atoms with Crippen LogP contribution in [0.2, 0.25) is 0 Å². The van der Waals surface area contributed by atoms with Gasteiger partial charge in [-0.05, 0) is 76.1 Å². The van der Waals surface area contributed by atoms with E-state index in [1.807, 2.05) is 7.05 Å². The highest BCUT2D eigenvalue weighted by molar-refractivity contribution is 5.79. The van der Waals surface area contributed by atoms with Crippen LogP contribution in [-0.2, 0) is 15.9 Å². The van der Waals surface area contributed by atoms with E-state index in [0.717, 1.165) is 57.6 Å². The smallest absolute Gasteiger partial charge is 0.190 e. The summed E-state index contributed by atoms with van der Waals surface area (Å²) in [5, 5.41) is 6.81. The zero-order valence-corrected chi connectivity index (χ0v) is 19.4. The van der Waals surface area contributed by atoms with Gasteiger partial charge < -0.3 is 25.0 Å². The topological polar surface area (TPSA) is 58.1 Å². The predicted molar refractivity (Wildman–Crippen MR) is 128 cm³/mol. The molecular formula is C25H42N4O2. The average molecular weight is 431 g/mol. The maximum Gasteiger partial charge on any atom is 0.190 e. The van der Waals surface area contributed by atoms with Crippen LogP contribution in [0.1, 0.15) is 44.1 Å². The van der Waals surface area contributed by atoms with Crippen molar-refractivity contribution in [1.82, 2.24) is 15.5 Å². The predicted octanol–water partition coefficient (Wildman–Crippen LogP) is 3.08. The molecule has 2 saturated heterocycles. The van der Waals surface area contributed by atoms with Gasteiger partial charge in [0, 0.05) is 33.4 Å². The van der Waals surface area contributed by atoms with E-state index in [4.69, 9.17) is 9.47 Å². The molecule has 174 valence electrons. The first-order chi connectivity index (χ1) is 15.3. The quantitative estimate of drug-likeness (QED) is 0.303. The molecular weight excluding hydrogens is 388 g/mol. The lowest BCUT2D eigenvalue weighted by molar-refractivity contribution is 0.0420. The molecule has 1 aromatic carbocycles. The number of rotatable bonds is 12. The van der Waals surface area contributed by atoms with Crippen molar-refractivity contribution >= 4 is 5.96 Å². The number of benzene rings is 1. The summed E-state index contributed by atoms with van der Waals surface area (Å²) < 4.78 is 11.1. The van der Waals surface area contributed by atoms with Gasteiger partial charge in [0.2, 0.25) is 0 Å². The minimum Gasteiger partial charge on any atom is -0.379 e. The standard InChI is InChI=1S/C25H42N4O2/c1-26-25(28-14-7-18-31-24-12-19-30-21-24)27-13-5-6-15-29-16-10-23(11-17-29)20-22-8-3-2-4-9-22/h2-4,8-9,23-24H,5-7,10-21H2,1H3,(H2,26,27,28). The first kappa shape index (κ1) is 24.0. The number of guanidine groups is 1. The van der Waals surface area contributed by atoms with E-state index in [2.05, 4.69) is 50.9 Å². The molecule has 1 aromatic rings. The van der Waals surface area contributed by atoms with E-state index < -0.39 is 0 Å². The van der Waals surface area contributed by atoms with Crippen LogP contribution in [0.4, 0.5) is 0 Å². The first-order valence-corrected chi connectivity index (χ1v) is 12.2. The Labute approximate surface area is 188 Å². The Morgan fingerprint density at radius 3 is 2.55 bits per heavy atom. The van der Waals surface area contributed by atoms with Crippen LogP contribution in [0.15, 0.2) is 35.3 Å². The molecule has 0 radical (unpaired) electrons. The highest BCUT2D eigenvalue weighted by Gasteiger charge is 2.19. The second kappa shape index (κ2) is 14.4. The molecule has 2 aliphatic heterocycles. The van der Waals surface area contributed by atoms with Gasteiger partial charge in [0.05, 0.1) is 12.7 Å². The molecule has 6 heteroatoms. The number of aliphatic imine (C=N–C) groups is 1. The number of piperidine rings is 1. The average Bonchev–Trinajstić information content (AvgIpc) is 3.32. The van der Waals surface area contributed by atoms with Gasteiger partial charge in [-0.25, -0.2) is 0 Å². The van der Waals surface area contributed by atoms with Crippen LogP contribution >= 0.6 is 0 Å². The molecule has 0 aliphatic carbocycles. The summed E-state index contributed by atoms with van der Waals surface area (Å²) in [5.74, 6) is 1.75. The number of unbranched alkanes of at least 4 members (excludes halogenated alkanes) is 1. The summed E-state index contributed by atoms with van der Waals surface area (Å²) >= 11 is 0. The molecule has 31 heavy (non-hydrogen) atoms. The molecule has 0 aromatic heterocycles. The molecule has 1 unspecified atom stereocenters. The van der Waals surface area contributed by atoms with Crippen molar-refractivity contribution in [3.63, 3.8) is 0 Å². The van der Waals surface area contributed by atoms with Gasteiger partial charge in [0.15, 0.2) is 5.96 Å². The van der Waals surface area contributed by atoms with Crippen LogP contribution in [0, 0.1) is 5.92 Å². The molecule has 2 fully saturated rings. The second-order valence-corrected chi connectivity index (χ2v) is 8.82. The van der Waals surface area contributed by atoms with Crippen molar-refractivity contribution in [2.45, 2.75) is 51.0 Å². The van der Waals surface area contributed by atoms with Crippen LogP contribution in [0.5, 0.6) is 0 Å². The number of nitrogens with one attached hydrogen (secondary N) is 2. The zero-order valence-electron chi connectivity index (χ0n) is 19.4. The maximum atomic E-state index is 5.80. The third-order valence-corrected chi connectivity index (χ3v) is 6.35. The van der Waals surface area contributed by atoms with Crippen molar-refractivity contribution in [3.05, 3.63) is 35.9 Å². The lowest BCUT2D eigenvalue weighted by Gasteiger charge is -2.32. The molecule has 0 bridgehead atoms. The summed E-state index contributed by atoms with van der Waals surface area (Å²) in [6.07, 6.45) is 8.64. The molecule has 6 nitrogen and oxygen atoms in total. The van der Waals surface area contributed by atoms with Crippen molar-refractivity contribution in [2.75, 3.05) is 59.6 Å². The van der Waals surface area contributed by atoms with E-state index in [0.29, 0.717) is 6.10 Å². The summed E-state index contributed by atoms with van der Waals surface area (Å²) in [5.41, 5.74) is 1.49. The number of hydrogen-bond donors (Lipinski definition) is 2. The van der Waals surface area contributed by atoms with E-state index in [1.165, 1.54) is 57.3 Å². The SMILES string of the molecule is CN=C(NCCCCN1CCC(Cc2ccccc2)CC1)NCCCOC1CCOC1. The summed E-state index contributed by atoms with van der Waals surface area (Å²) in [7, 11) is 1.83. The molecule has 1 atom stereocenters. The highest BCUT2D eigenvalue weighted by atomic mass is 16.5. The van der Waals surface area contributed by atoms with Crippen LogP contribution < -0.4 is 10.6 Å². The monoisotopic (exact) mass is 430 g/mol. The Hall–Kier alpha value is -1.63. The van der Waals surface area contributed by atoms with Gasteiger partial charge in [0.1, 0.15) is 0 Å². The number of likely N-dealkylation sites (tertiary alicyclic amines) is 1. The van der Waals surface area contributed by atoms with E-state index in [9.17, 15) is 0 Å². The van der Waals surface area contributed by atoms with E-state index in [-0.39, 0.29) is 0 Å². The van der Waals surface area contributed by atoms with Gasteiger partial charge in [0.25, 0.3) is 0 Å². The van der Waals surface area contributed by atoms with Crippen LogP contribution in [-0.4, -0.2) is 76.6 Å². The molecule has 0 saturated carbocycles. The van der Waals surface area contributed by atoms with Crippen molar-refractivity contribution in [3.8, 4) is 0 Å². The fourth-order valence-electron chi connectivity index (χ4n) is 4.42. The van der Waals surface area contributed by atoms with Crippen molar-refractivity contribution < 1.29 is 9.47 Å². The lowest BCUT2D eigenvalue weighted by Crippen LogP contribution is -2.39. The Bertz CT molecular complexity index is 611. The minimum atomic E-state index is 0.298. The normalized spacial score (nSPS) is 20.8. The van der Waals surface area contributed by atoms with Crippen LogP contribution in [0.25, 0.3) is 0 Å². The Kier molecular flexibility index (Phi) is 11.2. The second-order valence-electron chi connectivity index (χ2n) is 8.82. The molecule has 3 rings (SSSR count). The van der Waals surface area contributed by atoms with Gasteiger partial charge in [-0.3, -0.25) is 4.99 Å². The third-order valence-electron chi connectivity index (χ3n) is 6.35. The Morgan fingerprint density at radius 1 is 1.06 bits per heavy atom. The van der Waals surface area contributed by atoms with E-state index >= 15 is 0 Å². The van der Waals surface area contributed by atoms with Crippen LogP contribution in [0.3, 0.4) is 0 Å². The van der Waals surface area contributed by atoms with E-state index in [1.54, 1.807) is 0 Å². The number of hydrogen-bond acceptors (Lipinski definition) is 4. The third kappa shape index (κ3) is 9.58. The molecule has 2 aliphatic rings. The van der Waals surface area contributed by atoms with Crippen molar-refractivity contribution in [1.29, 1.82) is 0 Å². The summed E-state index contributed by atoms with van der Waals surface area (Å²) in [6, 6.07) is 11.0. The molecule has 0 spiro atoms. The van der Waals surface area contributed by atoms with Crippen molar-refractivity contribution in [2.24, 2.45) is 10.9 Å².